The van der Waals surface area contributed by atoms with Crippen molar-refractivity contribution in [2.24, 2.45) is 0 Å². The van der Waals surface area contributed by atoms with Crippen molar-refractivity contribution in [1.29, 1.82) is 0 Å². The minimum absolute atomic E-state index is 0.00569. The van der Waals surface area contributed by atoms with Gasteiger partial charge in [0.2, 0.25) is 5.91 Å². The Morgan fingerprint density at radius 2 is 1.87 bits per heavy atom. The Bertz CT molecular complexity index is 352. The van der Waals surface area contributed by atoms with Gasteiger partial charge in [0.1, 0.15) is 0 Å². The lowest BCUT2D eigenvalue weighted by Gasteiger charge is -2.08. The quantitative estimate of drug-likeness (QED) is 0.752. The maximum absolute atomic E-state index is 11.6. The standard InChI is InChI=1S/C13H17NO/c1-10(2)14-13(15)11(3)9-12-7-5-4-6-8-12/h4-10H,1-3H3,(H,14,15)/b11-9+. The fourth-order valence-electron chi connectivity index (χ4n) is 1.24. The second-order valence-electron chi connectivity index (χ2n) is 3.87. The molecule has 80 valence electrons. The number of hydrogen-bond donors (Lipinski definition) is 1. The van der Waals surface area contributed by atoms with E-state index in [9.17, 15) is 4.79 Å². The van der Waals surface area contributed by atoms with Gasteiger partial charge in [-0.1, -0.05) is 30.3 Å². The minimum Gasteiger partial charge on any atom is -0.350 e. The first-order valence-corrected chi connectivity index (χ1v) is 5.14. The van der Waals surface area contributed by atoms with Crippen molar-refractivity contribution in [3.63, 3.8) is 0 Å². The molecule has 2 heteroatoms. The average molecular weight is 203 g/mol. The lowest BCUT2D eigenvalue weighted by molar-refractivity contribution is -0.117. The Balaban J connectivity index is 2.72. The summed E-state index contributed by atoms with van der Waals surface area (Å²) >= 11 is 0. The van der Waals surface area contributed by atoms with E-state index >= 15 is 0 Å². The van der Waals surface area contributed by atoms with Crippen LogP contribution in [0.25, 0.3) is 6.08 Å². The summed E-state index contributed by atoms with van der Waals surface area (Å²) in [5.74, 6) is -0.00569. The molecule has 0 spiro atoms. The summed E-state index contributed by atoms with van der Waals surface area (Å²) in [6.45, 7) is 5.73. The van der Waals surface area contributed by atoms with Crippen LogP contribution in [0.4, 0.5) is 0 Å². The van der Waals surface area contributed by atoms with Gasteiger partial charge in [-0.2, -0.15) is 0 Å². The summed E-state index contributed by atoms with van der Waals surface area (Å²) < 4.78 is 0. The van der Waals surface area contributed by atoms with Gasteiger partial charge < -0.3 is 5.32 Å². The summed E-state index contributed by atoms with van der Waals surface area (Å²) in [6, 6.07) is 10.0. The molecule has 0 aliphatic heterocycles. The third-order valence-corrected chi connectivity index (χ3v) is 1.96. The van der Waals surface area contributed by atoms with Crippen molar-refractivity contribution in [3.8, 4) is 0 Å². The molecule has 1 aromatic rings. The highest BCUT2D eigenvalue weighted by atomic mass is 16.1. The van der Waals surface area contributed by atoms with E-state index in [-0.39, 0.29) is 11.9 Å². The number of amides is 1. The van der Waals surface area contributed by atoms with E-state index in [2.05, 4.69) is 5.32 Å². The zero-order chi connectivity index (χ0) is 11.3. The predicted molar refractivity (Wildman–Crippen MR) is 63.4 cm³/mol. The normalized spacial score (nSPS) is 11.6. The van der Waals surface area contributed by atoms with E-state index in [1.807, 2.05) is 57.2 Å². The summed E-state index contributed by atoms with van der Waals surface area (Å²) in [5, 5.41) is 2.86. The van der Waals surface area contributed by atoms with E-state index in [1.54, 1.807) is 0 Å². The van der Waals surface area contributed by atoms with Crippen molar-refractivity contribution < 1.29 is 4.79 Å². The van der Waals surface area contributed by atoms with Crippen molar-refractivity contribution >= 4 is 12.0 Å². The van der Waals surface area contributed by atoms with Crippen LogP contribution < -0.4 is 5.32 Å². The molecule has 0 fully saturated rings. The molecule has 0 radical (unpaired) electrons. The van der Waals surface area contributed by atoms with Crippen molar-refractivity contribution in [1.82, 2.24) is 5.32 Å². The zero-order valence-electron chi connectivity index (χ0n) is 9.45. The lowest BCUT2D eigenvalue weighted by atomic mass is 10.1. The Labute approximate surface area is 91.0 Å². The lowest BCUT2D eigenvalue weighted by Crippen LogP contribution is -2.30. The van der Waals surface area contributed by atoms with Crippen LogP contribution in [0.5, 0.6) is 0 Å². The second kappa shape index (κ2) is 5.35. The molecule has 0 atom stereocenters. The maximum Gasteiger partial charge on any atom is 0.247 e. The van der Waals surface area contributed by atoms with Crippen LogP contribution in [0.1, 0.15) is 26.3 Å². The largest absolute Gasteiger partial charge is 0.350 e. The van der Waals surface area contributed by atoms with Gasteiger partial charge in [0.25, 0.3) is 0 Å². The highest BCUT2D eigenvalue weighted by molar-refractivity contribution is 5.97. The second-order valence-corrected chi connectivity index (χ2v) is 3.87. The van der Waals surface area contributed by atoms with Crippen LogP contribution in [-0.4, -0.2) is 11.9 Å². The third kappa shape index (κ3) is 3.98. The molecule has 0 saturated heterocycles. The monoisotopic (exact) mass is 203 g/mol. The van der Waals surface area contributed by atoms with E-state index in [4.69, 9.17) is 0 Å². The number of hydrogen-bond acceptors (Lipinski definition) is 1. The van der Waals surface area contributed by atoms with Crippen molar-refractivity contribution in [2.45, 2.75) is 26.8 Å². The van der Waals surface area contributed by atoms with Gasteiger partial charge in [-0.3, -0.25) is 4.79 Å². The van der Waals surface area contributed by atoms with Crippen LogP contribution >= 0.6 is 0 Å². The van der Waals surface area contributed by atoms with Gasteiger partial charge in [0, 0.05) is 11.6 Å². The topological polar surface area (TPSA) is 29.1 Å². The molecule has 15 heavy (non-hydrogen) atoms. The van der Waals surface area contributed by atoms with E-state index in [0.717, 1.165) is 11.1 Å². The van der Waals surface area contributed by atoms with E-state index < -0.39 is 0 Å². The molecular weight excluding hydrogens is 186 g/mol. The molecule has 0 saturated carbocycles. The summed E-state index contributed by atoms with van der Waals surface area (Å²) in [6.07, 6.45) is 1.89. The first-order chi connectivity index (χ1) is 7.09. The SMILES string of the molecule is C/C(=C\c1ccccc1)C(=O)NC(C)C. The molecule has 0 unspecified atom stereocenters. The van der Waals surface area contributed by atoms with Crippen LogP contribution in [-0.2, 0) is 4.79 Å². The van der Waals surface area contributed by atoms with Crippen molar-refractivity contribution in [2.75, 3.05) is 0 Å². The summed E-state index contributed by atoms with van der Waals surface area (Å²) in [5.41, 5.74) is 1.78. The van der Waals surface area contributed by atoms with Crippen LogP contribution in [0.2, 0.25) is 0 Å². The zero-order valence-corrected chi connectivity index (χ0v) is 9.45. The molecule has 0 aliphatic rings. The number of nitrogens with one attached hydrogen (secondary N) is 1. The first kappa shape index (κ1) is 11.5. The molecule has 1 rings (SSSR count). The highest BCUT2D eigenvalue weighted by Gasteiger charge is 2.04. The third-order valence-electron chi connectivity index (χ3n) is 1.96. The Hall–Kier alpha value is -1.57. The molecule has 0 aliphatic carbocycles. The van der Waals surface area contributed by atoms with Gasteiger partial charge in [0.15, 0.2) is 0 Å². The average Bonchev–Trinajstić information content (AvgIpc) is 2.18. The molecule has 1 N–H and O–H groups in total. The van der Waals surface area contributed by atoms with Gasteiger partial charge in [-0.15, -0.1) is 0 Å². The first-order valence-electron chi connectivity index (χ1n) is 5.14. The fraction of sp³-hybridized carbons (Fsp3) is 0.308. The van der Waals surface area contributed by atoms with Crippen LogP contribution in [0.15, 0.2) is 35.9 Å². The van der Waals surface area contributed by atoms with E-state index in [1.165, 1.54) is 0 Å². The fourth-order valence-corrected chi connectivity index (χ4v) is 1.24. The smallest absolute Gasteiger partial charge is 0.247 e. The molecule has 0 bridgehead atoms. The Kier molecular flexibility index (Phi) is 4.10. The molecular formula is C13H17NO. The van der Waals surface area contributed by atoms with Gasteiger partial charge >= 0.3 is 0 Å². The molecule has 0 heterocycles. The molecule has 1 aromatic carbocycles. The summed E-state index contributed by atoms with van der Waals surface area (Å²) in [7, 11) is 0. The highest BCUT2D eigenvalue weighted by Crippen LogP contribution is 2.06. The number of rotatable bonds is 3. The Morgan fingerprint density at radius 3 is 2.40 bits per heavy atom. The molecule has 2 nitrogen and oxygen atoms in total. The van der Waals surface area contributed by atoms with Crippen LogP contribution in [0, 0.1) is 0 Å². The van der Waals surface area contributed by atoms with Gasteiger partial charge in [-0.25, -0.2) is 0 Å². The van der Waals surface area contributed by atoms with E-state index in [0.29, 0.717) is 0 Å². The maximum atomic E-state index is 11.6. The van der Waals surface area contributed by atoms with Crippen molar-refractivity contribution in [3.05, 3.63) is 41.5 Å². The minimum atomic E-state index is -0.00569. The number of benzene rings is 1. The van der Waals surface area contributed by atoms with Crippen LogP contribution in [0.3, 0.4) is 0 Å². The van der Waals surface area contributed by atoms with Gasteiger partial charge in [0.05, 0.1) is 0 Å². The number of carbonyl (C=O) groups excluding carboxylic acids is 1. The predicted octanol–water partition coefficient (Wildman–Crippen LogP) is 2.61. The van der Waals surface area contributed by atoms with Gasteiger partial charge in [-0.05, 0) is 32.4 Å². The molecule has 1 amide bonds. The molecule has 0 aromatic heterocycles. The number of carbonyl (C=O) groups is 1. The summed E-state index contributed by atoms with van der Waals surface area (Å²) in [4.78, 5) is 11.6. The Morgan fingerprint density at radius 1 is 1.27 bits per heavy atom.